The maximum atomic E-state index is 13.9. The molecule has 5 nitrogen and oxygen atoms in total. The molecule has 0 aliphatic carbocycles. The van der Waals surface area contributed by atoms with Gasteiger partial charge in [0, 0.05) is 31.0 Å². The number of aliphatic hydroxyl groups is 1. The second kappa shape index (κ2) is 6.56. The van der Waals surface area contributed by atoms with Crippen molar-refractivity contribution in [3.8, 4) is 0 Å². The zero-order chi connectivity index (χ0) is 20.0. The topological polar surface area (TPSA) is 70.5 Å². The van der Waals surface area contributed by atoms with E-state index >= 15 is 0 Å². The summed E-state index contributed by atoms with van der Waals surface area (Å²) >= 11 is 0. The first-order chi connectivity index (χ1) is 12.6. The van der Waals surface area contributed by atoms with E-state index in [4.69, 9.17) is 0 Å². The number of rotatable bonds is 3. The van der Waals surface area contributed by atoms with E-state index in [2.05, 4.69) is 4.98 Å². The van der Waals surface area contributed by atoms with Gasteiger partial charge in [-0.15, -0.1) is 0 Å². The van der Waals surface area contributed by atoms with Gasteiger partial charge in [0.2, 0.25) is 0 Å². The van der Waals surface area contributed by atoms with E-state index in [1.54, 1.807) is 6.92 Å². The molecule has 0 bridgehead atoms. The second-order valence-corrected chi connectivity index (χ2v) is 8.09. The molecule has 9 heteroatoms. The summed E-state index contributed by atoms with van der Waals surface area (Å²) in [5.74, 6) is -1.29. The van der Waals surface area contributed by atoms with Crippen LogP contribution in [0.4, 0.5) is 18.9 Å². The summed E-state index contributed by atoms with van der Waals surface area (Å²) in [7, 11) is -2.72. The maximum absolute atomic E-state index is 13.9. The summed E-state index contributed by atoms with van der Waals surface area (Å²) in [6.07, 6.45) is -3.47. The highest BCUT2D eigenvalue weighted by Crippen LogP contribution is 2.45. The first-order valence-corrected chi connectivity index (χ1v) is 9.75. The largest absolute Gasteiger partial charge is 0.504 e. The fraction of sp³-hybridized carbons (Fsp3) is 0.278. The van der Waals surface area contributed by atoms with Gasteiger partial charge in [0.25, 0.3) is 0 Å². The second-order valence-electron chi connectivity index (χ2n) is 6.16. The van der Waals surface area contributed by atoms with Crippen LogP contribution in [0, 0.1) is 0 Å². The summed E-state index contributed by atoms with van der Waals surface area (Å²) in [6, 6.07) is 6.65. The van der Waals surface area contributed by atoms with E-state index in [0.29, 0.717) is 0 Å². The lowest BCUT2D eigenvalue weighted by atomic mass is 10.0. The smallest absolute Gasteiger partial charge is 0.419 e. The number of hydrogen-bond donors (Lipinski definition) is 1. The fourth-order valence-corrected chi connectivity index (χ4v) is 4.79. The highest BCUT2D eigenvalue weighted by atomic mass is 32.2. The number of aliphatic hydroxyl groups excluding tert-OH is 1. The summed E-state index contributed by atoms with van der Waals surface area (Å²) in [5.41, 5.74) is -1.61. The van der Waals surface area contributed by atoms with Crippen molar-refractivity contribution in [2.75, 3.05) is 18.5 Å². The SMILES string of the molecule is CCN(C)c1cccc(C2=C(O)c3ncccc3CS2(=O)=O)c1C(F)(F)F. The van der Waals surface area contributed by atoms with Gasteiger partial charge in [-0.05, 0) is 24.6 Å². The van der Waals surface area contributed by atoms with Crippen molar-refractivity contribution in [3.63, 3.8) is 0 Å². The molecule has 2 aromatic rings. The van der Waals surface area contributed by atoms with Crippen LogP contribution in [0.25, 0.3) is 10.7 Å². The third-order valence-corrected chi connectivity index (χ3v) is 6.17. The Morgan fingerprint density at radius 1 is 1.22 bits per heavy atom. The Kier molecular flexibility index (Phi) is 4.67. The number of sulfone groups is 1. The van der Waals surface area contributed by atoms with Crippen LogP contribution < -0.4 is 4.90 Å². The Balaban J connectivity index is 2.40. The van der Waals surface area contributed by atoms with E-state index in [0.717, 1.165) is 6.07 Å². The molecule has 1 aromatic heterocycles. The van der Waals surface area contributed by atoms with Gasteiger partial charge < -0.3 is 10.0 Å². The van der Waals surface area contributed by atoms with Crippen LogP contribution in [-0.4, -0.2) is 32.1 Å². The number of alkyl halides is 3. The van der Waals surface area contributed by atoms with Crippen LogP contribution in [0.15, 0.2) is 36.5 Å². The number of anilines is 1. The number of aromatic nitrogens is 1. The van der Waals surface area contributed by atoms with Gasteiger partial charge in [-0.25, -0.2) is 8.42 Å². The standard InChI is InChI=1S/C18H17F3N2O3S/c1-3-23(2)13-8-4-7-12(14(13)18(19,20)21)17-16(24)15-11(6-5-9-22-15)10-27(17,25)26/h4-9,24H,3,10H2,1-2H3. The predicted molar refractivity (Wildman–Crippen MR) is 96.7 cm³/mol. The van der Waals surface area contributed by atoms with Crippen LogP contribution in [0.3, 0.4) is 0 Å². The molecule has 3 rings (SSSR count). The molecular weight excluding hydrogens is 381 g/mol. The van der Waals surface area contributed by atoms with E-state index < -0.39 is 43.6 Å². The monoisotopic (exact) mass is 398 g/mol. The zero-order valence-electron chi connectivity index (χ0n) is 14.6. The van der Waals surface area contributed by atoms with Crippen molar-refractivity contribution in [2.45, 2.75) is 18.9 Å². The molecule has 0 saturated carbocycles. The first-order valence-electron chi connectivity index (χ1n) is 8.10. The lowest BCUT2D eigenvalue weighted by Crippen LogP contribution is -2.24. The highest BCUT2D eigenvalue weighted by molar-refractivity contribution is 8.00. The summed E-state index contributed by atoms with van der Waals surface area (Å²) in [4.78, 5) is 4.57. The van der Waals surface area contributed by atoms with Crippen molar-refractivity contribution in [1.29, 1.82) is 0 Å². The summed E-state index contributed by atoms with van der Waals surface area (Å²) in [6.45, 7) is 1.97. The van der Waals surface area contributed by atoms with E-state index in [-0.39, 0.29) is 23.5 Å². The van der Waals surface area contributed by atoms with Gasteiger partial charge >= 0.3 is 6.18 Å². The van der Waals surface area contributed by atoms with Crippen LogP contribution in [0.1, 0.15) is 29.3 Å². The zero-order valence-corrected chi connectivity index (χ0v) is 15.4. The number of fused-ring (bicyclic) bond motifs is 1. The molecule has 1 aliphatic heterocycles. The Bertz CT molecular complexity index is 1030. The van der Waals surface area contributed by atoms with Crippen molar-refractivity contribution >= 4 is 26.2 Å². The lowest BCUT2D eigenvalue weighted by molar-refractivity contribution is -0.137. The third kappa shape index (κ3) is 3.27. The van der Waals surface area contributed by atoms with Crippen molar-refractivity contribution in [2.24, 2.45) is 0 Å². The summed E-state index contributed by atoms with van der Waals surface area (Å²) in [5, 5.41) is 10.5. The lowest BCUT2D eigenvalue weighted by Gasteiger charge is -2.26. The molecule has 2 heterocycles. The number of hydrogen-bond acceptors (Lipinski definition) is 5. The molecule has 0 saturated heterocycles. The van der Waals surface area contributed by atoms with E-state index in [9.17, 15) is 26.7 Å². The molecule has 0 radical (unpaired) electrons. The average Bonchev–Trinajstić information content (AvgIpc) is 2.59. The predicted octanol–water partition coefficient (Wildman–Crippen LogP) is 3.87. The normalized spacial score (nSPS) is 16.2. The van der Waals surface area contributed by atoms with Gasteiger partial charge in [0.1, 0.15) is 10.6 Å². The number of nitrogens with zero attached hydrogens (tertiary/aromatic N) is 2. The van der Waals surface area contributed by atoms with Gasteiger partial charge in [-0.3, -0.25) is 4.98 Å². The van der Waals surface area contributed by atoms with Gasteiger partial charge in [0.05, 0.1) is 11.3 Å². The van der Waals surface area contributed by atoms with Crippen molar-refractivity contribution < 1.29 is 26.7 Å². The first kappa shape index (κ1) is 19.2. The molecular formula is C18H17F3N2O3S. The Morgan fingerprint density at radius 3 is 2.56 bits per heavy atom. The van der Waals surface area contributed by atoms with Gasteiger partial charge in [0.15, 0.2) is 15.6 Å². The van der Waals surface area contributed by atoms with Crippen LogP contribution >= 0.6 is 0 Å². The van der Waals surface area contributed by atoms with Crippen molar-refractivity contribution in [3.05, 3.63) is 58.9 Å². The molecule has 1 aliphatic rings. The molecule has 0 amide bonds. The van der Waals surface area contributed by atoms with E-state index in [1.807, 2.05) is 0 Å². The van der Waals surface area contributed by atoms with Gasteiger partial charge in [-0.2, -0.15) is 13.2 Å². The van der Waals surface area contributed by atoms with Crippen LogP contribution in [0.2, 0.25) is 0 Å². The molecule has 1 N–H and O–H groups in total. The molecule has 1 aromatic carbocycles. The fourth-order valence-electron chi connectivity index (χ4n) is 3.11. The summed E-state index contributed by atoms with van der Waals surface area (Å²) < 4.78 is 67.2. The number of halogens is 3. The quantitative estimate of drug-likeness (QED) is 0.850. The third-order valence-electron chi connectivity index (χ3n) is 4.44. The Hall–Kier alpha value is -2.55. The molecule has 0 fully saturated rings. The maximum Gasteiger partial charge on any atom is 0.419 e. The minimum atomic E-state index is -4.82. The van der Waals surface area contributed by atoms with Crippen molar-refractivity contribution in [1.82, 2.24) is 4.98 Å². The van der Waals surface area contributed by atoms with Crippen LogP contribution in [-0.2, 0) is 21.8 Å². The van der Waals surface area contributed by atoms with E-state index in [1.165, 1.54) is 42.4 Å². The van der Waals surface area contributed by atoms with Crippen LogP contribution in [0.5, 0.6) is 0 Å². The molecule has 0 unspecified atom stereocenters. The highest BCUT2D eigenvalue weighted by Gasteiger charge is 2.42. The molecule has 144 valence electrons. The van der Waals surface area contributed by atoms with Gasteiger partial charge in [-0.1, -0.05) is 18.2 Å². The Morgan fingerprint density at radius 2 is 1.93 bits per heavy atom. The Labute approximate surface area is 154 Å². The molecule has 0 atom stereocenters. The average molecular weight is 398 g/mol. The minimum Gasteiger partial charge on any atom is -0.504 e. The number of pyridine rings is 1. The number of benzene rings is 1. The minimum absolute atomic E-state index is 0.0234. The molecule has 27 heavy (non-hydrogen) atoms. The molecule has 0 spiro atoms.